The summed E-state index contributed by atoms with van der Waals surface area (Å²) in [5.74, 6) is 1.15. The molecule has 2 N–H and O–H groups in total. The van der Waals surface area contributed by atoms with E-state index in [0.29, 0.717) is 0 Å². The lowest BCUT2D eigenvalue weighted by Crippen LogP contribution is -2.51. The molecule has 0 saturated carbocycles. The zero-order valence-electron chi connectivity index (χ0n) is 13.9. The number of carbonyl (C=O) groups excluding carboxylic acids is 1. The van der Waals surface area contributed by atoms with Crippen LogP contribution in [0.4, 0.5) is 0 Å². The zero-order valence-corrected chi connectivity index (χ0v) is 13.9. The second kappa shape index (κ2) is 8.14. The monoisotopic (exact) mass is 295 g/mol. The predicted octanol–water partition coefficient (Wildman–Crippen LogP) is 2.00. The van der Waals surface area contributed by atoms with Gasteiger partial charge in [-0.3, -0.25) is 4.79 Å². The molecule has 2 fully saturated rings. The number of piperidine rings is 2. The third-order valence-corrected chi connectivity index (χ3v) is 5.27. The zero-order chi connectivity index (χ0) is 15.1. The van der Waals surface area contributed by atoms with Gasteiger partial charge in [-0.15, -0.1) is 0 Å². The Bertz CT molecular complexity index is 312. The van der Waals surface area contributed by atoms with Crippen LogP contribution in [0.15, 0.2) is 0 Å². The van der Waals surface area contributed by atoms with Crippen LogP contribution in [0.5, 0.6) is 0 Å². The first-order valence-electron chi connectivity index (χ1n) is 8.88. The van der Waals surface area contributed by atoms with Crippen molar-refractivity contribution in [1.29, 1.82) is 0 Å². The van der Waals surface area contributed by atoms with E-state index in [-0.39, 0.29) is 11.3 Å². The quantitative estimate of drug-likeness (QED) is 0.788. The Labute approximate surface area is 130 Å². The fourth-order valence-electron chi connectivity index (χ4n) is 3.77. The molecule has 4 nitrogen and oxygen atoms in total. The van der Waals surface area contributed by atoms with Crippen LogP contribution in [-0.2, 0) is 4.79 Å². The summed E-state index contributed by atoms with van der Waals surface area (Å²) in [6.45, 7) is 10.6. The molecular formula is C17H33N3O. The minimum Gasteiger partial charge on any atom is -0.354 e. The fourth-order valence-corrected chi connectivity index (χ4v) is 3.77. The van der Waals surface area contributed by atoms with E-state index in [9.17, 15) is 4.79 Å². The van der Waals surface area contributed by atoms with E-state index in [4.69, 9.17) is 0 Å². The molecule has 2 rings (SSSR count). The molecule has 1 atom stereocenters. The van der Waals surface area contributed by atoms with Gasteiger partial charge in [0.2, 0.25) is 5.91 Å². The Morgan fingerprint density at radius 1 is 1.38 bits per heavy atom. The van der Waals surface area contributed by atoms with Gasteiger partial charge < -0.3 is 15.5 Å². The largest absolute Gasteiger partial charge is 0.354 e. The molecule has 2 aliphatic rings. The van der Waals surface area contributed by atoms with Gasteiger partial charge in [0.05, 0.1) is 5.41 Å². The smallest absolute Gasteiger partial charge is 0.227 e. The predicted molar refractivity (Wildman–Crippen MR) is 87.3 cm³/mol. The van der Waals surface area contributed by atoms with Gasteiger partial charge in [0, 0.05) is 19.6 Å². The third-order valence-electron chi connectivity index (χ3n) is 5.27. The van der Waals surface area contributed by atoms with Crippen molar-refractivity contribution in [1.82, 2.24) is 15.5 Å². The van der Waals surface area contributed by atoms with Gasteiger partial charge >= 0.3 is 0 Å². The van der Waals surface area contributed by atoms with E-state index in [2.05, 4.69) is 29.4 Å². The Hall–Kier alpha value is -0.610. The van der Waals surface area contributed by atoms with Crippen molar-refractivity contribution in [2.24, 2.45) is 11.3 Å². The molecule has 0 aromatic rings. The average Bonchev–Trinajstić information content (AvgIpc) is 2.50. The van der Waals surface area contributed by atoms with Gasteiger partial charge in [0.15, 0.2) is 0 Å². The molecule has 4 heteroatoms. The van der Waals surface area contributed by atoms with Gasteiger partial charge in [-0.25, -0.2) is 0 Å². The second-order valence-corrected chi connectivity index (χ2v) is 7.09. The summed E-state index contributed by atoms with van der Waals surface area (Å²) in [6.07, 6.45) is 6.86. The molecule has 0 aromatic heterocycles. The molecule has 0 aromatic carbocycles. The van der Waals surface area contributed by atoms with Crippen molar-refractivity contribution in [3.05, 3.63) is 0 Å². The van der Waals surface area contributed by atoms with E-state index in [1.165, 1.54) is 25.9 Å². The van der Waals surface area contributed by atoms with Gasteiger partial charge in [0.1, 0.15) is 0 Å². The van der Waals surface area contributed by atoms with Crippen molar-refractivity contribution in [3.8, 4) is 0 Å². The first kappa shape index (κ1) is 16.8. The number of nitrogens with one attached hydrogen (secondary N) is 2. The first-order chi connectivity index (χ1) is 10.2. The van der Waals surface area contributed by atoms with Crippen LogP contribution in [0.25, 0.3) is 0 Å². The van der Waals surface area contributed by atoms with Gasteiger partial charge in [-0.1, -0.05) is 20.3 Å². The van der Waals surface area contributed by atoms with E-state index >= 15 is 0 Å². The lowest BCUT2D eigenvalue weighted by Gasteiger charge is -2.36. The number of nitrogens with zero attached hydrogens (tertiary/aromatic N) is 1. The normalized spacial score (nSPS) is 28.5. The van der Waals surface area contributed by atoms with Crippen molar-refractivity contribution >= 4 is 5.91 Å². The summed E-state index contributed by atoms with van der Waals surface area (Å²) < 4.78 is 0. The number of amides is 1. The topological polar surface area (TPSA) is 44.4 Å². The highest BCUT2D eigenvalue weighted by molar-refractivity contribution is 5.83. The van der Waals surface area contributed by atoms with Crippen LogP contribution in [0.1, 0.15) is 52.4 Å². The maximum Gasteiger partial charge on any atom is 0.227 e. The van der Waals surface area contributed by atoms with E-state index < -0.39 is 0 Å². The second-order valence-electron chi connectivity index (χ2n) is 7.09. The fraction of sp³-hybridized carbons (Fsp3) is 0.941. The first-order valence-corrected chi connectivity index (χ1v) is 8.88. The Kier molecular flexibility index (Phi) is 6.49. The highest BCUT2D eigenvalue weighted by Gasteiger charge is 2.38. The summed E-state index contributed by atoms with van der Waals surface area (Å²) in [4.78, 5) is 15.1. The van der Waals surface area contributed by atoms with Crippen molar-refractivity contribution in [2.75, 3.05) is 39.3 Å². The van der Waals surface area contributed by atoms with Gasteiger partial charge in [-0.2, -0.15) is 0 Å². The van der Waals surface area contributed by atoms with Crippen molar-refractivity contribution < 1.29 is 4.79 Å². The Morgan fingerprint density at radius 2 is 2.14 bits per heavy atom. The molecule has 1 amide bonds. The minimum absolute atomic E-state index is 0.149. The average molecular weight is 295 g/mol. The van der Waals surface area contributed by atoms with Crippen molar-refractivity contribution in [2.45, 2.75) is 52.4 Å². The van der Waals surface area contributed by atoms with E-state index in [1.54, 1.807) is 0 Å². The summed E-state index contributed by atoms with van der Waals surface area (Å²) in [5.41, 5.74) is -0.149. The molecule has 2 saturated heterocycles. The van der Waals surface area contributed by atoms with Crippen LogP contribution in [0.2, 0.25) is 0 Å². The summed E-state index contributed by atoms with van der Waals surface area (Å²) >= 11 is 0. The maximum atomic E-state index is 12.6. The molecule has 1 unspecified atom stereocenters. The lowest BCUT2D eigenvalue weighted by molar-refractivity contribution is -0.132. The summed E-state index contributed by atoms with van der Waals surface area (Å²) in [7, 11) is 0. The van der Waals surface area contributed by atoms with Crippen LogP contribution < -0.4 is 10.6 Å². The van der Waals surface area contributed by atoms with Crippen LogP contribution in [0, 0.1) is 11.3 Å². The summed E-state index contributed by atoms with van der Waals surface area (Å²) in [6, 6.07) is 0. The highest BCUT2D eigenvalue weighted by atomic mass is 16.2. The molecule has 2 heterocycles. The lowest BCUT2D eigenvalue weighted by atomic mass is 9.76. The molecule has 122 valence electrons. The third kappa shape index (κ3) is 4.68. The number of carbonyl (C=O) groups is 1. The number of hydrogen-bond donors (Lipinski definition) is 2. The number of rotatable bonds is 6. The van der Waals surface area contributed by atoms with Gasteiger partial charge in [0.25, 0.3) is 0 Å². The molecule has 0 aliphatic carbocycles. The molecule has 21 heavy (non-hydrogen) atoms. The van der Waals surface area contributed by atoms with Crippen LogP contribution in [0.3, 0.4) is 0 Å². The maximum absolute atomic E-state index is 12.6. The van der Waals surface area contributed by atoms with E-state index in [1.807, 2.05) is 0 Å². The SMILES string of the molecule is CCCC1(C(=O)NCCN2CCC(C)CC2)CCCNC1. The minimum atomic E-state index is -0.149. The summed E-state index contributed by atoms with van der Waals surface area (Å²) in [5, 5.41) is 6.63. The molecule has 0 spiro atoms. The molecule has 0 radical (unpaired) electrons. The van der Waals surface area contributed by atoms with Crippen molar-refractivity contribution in [3.63, 3.8) is 0 Å². The van der Waals surface area contributed by atoms with E-state index in [0.717, 1.165) is 57.8 Å². The standard InChI is InChI=1S/C17H33N3O/c1-3-7-17(8-4-9-18-14-17)16(21)19-10-13-20-11-5-15(2)6-12-20/h15,18H,3-14H2,1-2H3,(H,19,21). The van der Waals surface area contributed by atoms with Gasteiger partial charge in [-0.05, 0) is 57.7 Å². The van der Waals surface area contributed by atoms with Crippen LogP contribution in [-0.4, -0.2) is 50.1 Å². The van der Waals surface area contributed by atoms with Crippen LogP contribution >= 0.6 is 0 Å². The number of hydrogen-bond acceptors (Lipinski definition) is 3. The molecular weight excluding hydrogens is 262 g/mol. The molecule has 2 aliphatic heterocycles. The Balaban J connectivity index is 1.74. The highest BCUT2D eigenvalue weighted by Crippen LogP contribution is 2.31. The number of likely N-dealkylation sites (tertiary alicyclic amines) is 1. The molecule has 0 bridgehead atoms. The Morgan fingerprint density at radius 3 is 2.76 bits per heavy atom.